The van der Waals surface area contributed by atoms with Crippen LogP contribution >= 0.6 is 11.6 Å². The number of likely N-dealkylation sites (N-methyl/N-ethyl adjacent to an activating group) is 1. The van der Waals surface area contributed by atoms with Crippen molar-refractivity contribution in [2.45, 2.75) is 33.6 Å². The standard InChI is InChI=1S/C20H28ClN3O3/c1-20(2,3)19(27)24-11-7-8-14(12-24)18(26)23(4)13-17(25)22-16-10-6-5-9-15(16)21/h5-6,9-10,14H,7-8,11-13H2,1-4H3,(H,22,25). The highest BCUT2D eigenvalue weighted by Gasteiger charge is 2.34. The first kappa shape index (κ1) is 21.2. The molecule has 1 unspecified atom stereocenters. The maximum atomic E-state index is 12.8. The molecule has 27 heavy (non-hydrogen) atoms. The van der Waals surface area contributed by atoms with E-state index >= 15 is 0 Å². The second-order valence-electron chi connectivity index (χ2n) is 8.06. The molecule has 3 amide bonds. The van der Waals surface area contributed by atoms with E-state index in [0.717, 1.165) is 12.8 Å². The van der Waals surface area contributed by atoms with Crippen LogP contribution in [0, 0.1) is 11.3 Å². The van der Waals surface area contributed by atoms with Crippen molar-refractivity contribution in [3.05, 3.63) is 29.3 Å². The van der Waals surface area contributed by atoms with Gasteiger partial charge in [-0.05, 0) is 25.0 Å². The number of likely N-dealkylation sites (tertiary alicyclic amines) is 1. The summed E-state index contributed by atoms with van der Waals surface area (Å²) in [6, 6.07) is 6.95. The second kappa shape index (κ2) is 8.74. The van der Waals surface area contributed by atoms with E-state index in [4.69, 9.17) is 11.6 Å². The van der Waals surface area contributed by atoms with Crippen LogP contribution in [0.5, 0.6) is 0 Å². The Hall–Kier alpha value is -2.08. The number of nitrogens with zero attached hydrogens (tertiary/aromatic N) is 2. The van der Waals surface area contributed by atoms with Gasteiger partial charge in [0.25, 0.3) is 0 Å². The number of halogens is 1. The highest BCUT2D eigenvalue weighted by atomic mass is 35.5. The number of nitrogens with one attached hydrogen (secondary N) is 1. The summed E-state index contributed by atoms with van der Waals surface area (Å²) in [6.07, 6.45) is 1.51. The Morgan fingerprint density at radius 3 is 2.56 bits per heavy atom. The van der Waals surface area contributed by atoms with Gasteiger partial charge in [-0.25, -0.2) is 0 Å². The first-order valence-electron chi connectivity index (χ1n) is 9.18. The van der Waals surface area contributed by atoms with Gasteiger partial charge in [-0.2, -0.15) is 0 Å². The zero-order chi connectivity index (χ0) is 20.2. The van der Waals surface area contributed by atoms with Gasteiger partial charge in [0.15, 0.2) is 0 Å². The van der Waals surface area contributed by atoms with Gasteiger partial charge in [-0.3, -0.25) is 14.4 Å². The lowest BCUT2D eigenvalue weighted by atomic mass is 9.90. The molecule has 148 valence electrons. The Kier molecular flexibility index (Phi) is 6.87. The maximum Gasteiger partial charge on any atom is 0.244 e. The van der Waals surface area contributed by atoms with Crippen LogP contribution in [0.4, 0.5) is 5.69 Å². The fraction of sp³-hybridized carbons (Fsp3) is 0.550. The first-order valence-corrected chi connectivity index (χ1v) is 9.56. The van der Waals surface area contributed by atoms with Gasteiger partial charge in [0.1, 0.15) is 0 Å². The zero-order valence-electron chi connectivity index (χ0n) is 16.4. The van der Waals surface area contributed by atoms with Crippen LogP contribution in [0.25, 0.3) is 0 Å². The number of hydrogen-bond acceptors (Lipinski definition) is 3. The largest absolute Gasteiger partial charge is 0.341 e. The normalized spacial score (nSPS) is 17.4. The lowest BCUT2D eigenvalue weighted by Crippen LogP contribution is -2.49. The van der Waals surface area contributed by atoms with Crippen LogP contribution < -0.4 is 5.32 Å². The zero-order valence-corrected chi connectivity index (χ0v) is 17.2. The molecule has 0 spiro atoms. The van der Waals surface area contributed by atoms with Crippen molar-refractivity contribution in [3.63, 3.8) is 0 Å². The average Bonchev–Trinajstić information content (AvgIpc) is 2.61. The minimum Gasteiger partial charge on any atom is -0.341 e. The molecule has 0 saturated carbocycles. The molecule has 1 heterocycles. The summed E-state index contributed by atoms with van der Waals surface area (Å²) < 4.78 is 0. The summed E-state index contributed by atoms with van der Waals surface area (Å²) in [6.45, 7) is 6.67. The van der Waals surface area contributed by atoms with Gasteiger partial charge >= 0.3 is 0 Å². The van der Waals surface area contributed by atoms with E-state index in [1.807, 2.05) is 20.8 Å². The average molecular weight is 394 g/mol. The summed E-state index contributed by atoms with van der Waals surface area (Å²) in [4.78, 5) is 40.7. The van der Waals surface area contributed by atoms with Crippen molar-refractivity contribution >= 4 is 35.0 Å². The van der Waals surface area contributed by atoms with Gasteiger partial charge in [0, 0.05) is 25.6 Å². The van der Waals surface area contributed by atoms with E-state index in [0.29, 0.717) is 23.8 Å². The molecular formula is C20H28ClN3O3. The molecule has 7 heteroatoms. The Morgan fingerprint density at radius 1 is 1.26 bits per heavy atom. The molecule has 0 aliphatic carbocycles. The van der Waals surface area contributed by atoms with Crippen molar-refractivity contribution in [2.24, 2.45) is 11.3 Å². The van der Waals surface area contributed by atoms with Crippen molar-refractivity contribution in [1.29, 1.82) is 0 Å². The van der Waals surface area contributed by atoms with Crippen LogP contribution in [0.3, 0.4) is 0 Å². The number of carbonyl (C=O) groups is 3. The minimum atomic E-state index is -0.467. The Morgan fingerprint density at radius 2 is 1.93 bits per heavy atom. The minimum absolute atomic E-state index is 0.0547. The topological polar surface area (TPSA) is 69.7 Å². The van der Waals surface area contributed by atoms with Crippen molar-refractivity contribution in [1.82, 2.24) is 9.80 Å². The fourth-order valence-corrected chi connectivity index (χ4v) is 3.38. The number of piperidine rings is 1. The summed E-state index contributed by atoms with van der Waals surface area (Å²) in [5.74, 6) is -0.643. The molecule has 2 rings (SSSR count). The number of para-hydroxylation sites is 1. The number of benzene rings is 1. The molecule has 1 N–H and O–H groups in total. The molecule has 1 atom stereocenters. The van der Waals surface area contributed by atoms with Gasteiger partial charge in [0.2, 0.25) is 17.7 Å². The smallest absolute Gasteiger partial charge is 0.244 e. The van der Waals surface area contributed by atoms with Gasteiger partial charge in [-0.15, -0.1) is 0 Å². The number of anilines is 1. The third-order valence-electron chi connectivity index (χ3n) is 4.60. The molecule has 1 aromatic carbocycles. The molecular weight excluding hydrogens is 366 g/mol. The third kappa shape index (κ3) is 5.70. The third-order valence-corrected chi connectivity index (χ3v) is 4.93. The van der Waals surface area contributed by atoms with Crippen molar-refractivity contribution < 1.29 is 14.4 Å². The molecule has 0 bridgehead atoms. The molecule has 0 radical (unpaired) electrons. The Balaban J connectivity index is 1.93. The Labute approximate surface area is 165 Å². The molecule has 1 saturated heterocycles. The predicted molar refractivity (Wildman–Crippen MR) is 106 cm³/mol. The maximum absolute atomic E-state index is 12.8. The summed E-state index contributed by atoms with van der Waals surface area (Å²) in [5.41, 5.74) is 0.0516. The lowest BCUT2D eigenvalue weighted by molar-refractivity contribution is -0.145. The van der Waals surface area contributed by atoms with Crippen LogP contribution in [-0.4, -0.2) is 54.2 Å². The molecule has 1 aliphatic heterocycles. The summed E-state index contributed by atoms with van der Waals surface area (Å²) in [7, 11) is 1.61. The van der Waals surface area contributed by atoms with Crippen LogP contribution in [0.2, 0.25) is 5.02 Å². The molecule has 0 aromatic heterocycles. The van der Waals surface area contributed by atoms with E-state index in [9.17, 15) is 14.4 Å². The quantitative estimate of drug-likeness (QED) is 0.854. The van der Waals surface area contributed by atoms with E-state index in [-0.39, 0.29) is 30.2 Å². The second-order valence-corrected chi connectivity index (χ2v) is 8.47. The van der Waals surface area contributed by atoms with Crippen LogP contribution in [-0.2, 0) is 14.4 Å². The summed E-state index contributed by atoms with van der Waals surface area (Å²) in [5, 5.41) is 3.16. The van der Waals surface area contributed by atoms with Gasteiger partial charge in [-0.1, -0.05) is 44.5 Å². The van der Waals surface area contributed by atoms with E-state index in [1.165, 1.54) is 4.90 Å². The van der Waals surface area contributed by atoms with Gasteiger partial charge in [0.05, 0.1) is 23.2 Å². The highest BCUT2D eigenvalue weighted by Crippen LogP contribution is 2.24. The molecule has 1 fully saturated rings. The molecule has 1 aromatic rings. The first-order chi connectivity index (χ1) is 12.6. The fourth-order valence-electron chi connectivity index (χ4n) is 3.19. The predicted octanol–water partition coefficient (Wildman–Crippen LogP) is 3.02. The lowest BCUT2D eigenvalue weighted by Gasteiger charge is -2.37. The van der Waals surface area contributed by atoms with E-state index < -0.39 is 5.41 Å². The number of hydrogen-bond donors (Lipinski definition) is 1. The summed E-state index contributed by atoms with van der Waals surface area (Å²) >= 11 is 6.04. The highest BCUT2D eigenvalue weighted by molar-refractivity contribution is 6.33. The van der Waals surface area contributed by atoms with E-state index in [2.05, 4.69) is 5.32 Å². The molecule has 1 aliphatic rings. The number of rotatable bonds is 4. The van der Waals surface area contributed by atoms with Gasteiger partial charge < -0.3 is 15.1 Å². The van der Waals surface area contributed by atoms with E-state index in [1.54, 1.807) is 36.2 Å². The molecule has 6 nitrogen and oxygen atoms in total. The SMILES string of the molecule is CN(CC(=O)Nc1ccccc1Cl)C(=O)C1CCCN(C(=O)C(C)(C)C)C1. The van der Waals surface area contributed by atoms with Crippen LogP contribution in [0.1, 0.15) is 33.6 Å². The number of amides is 3. The monoisotopic (exact) mass is 393 g/mol. The van der Waals surface area contributed by atoms with Crippen molar-refractivity contribution in [2.75, 3.05) is 32.0 Å². The van der Waals surface area contributed by atoms with Crippen molar-refractivity contribution in [3.8, 4) is 0 Å². The Bertz CT molecular complexity index is 715. The van der Waals surface area contributed by atoms with Crippen LogP contribution in [0.15, 0.2) is 24.3 Å². The number of carbonyl (C=O) groups excluding carboxylic acids is 3.